The van der Waals surface area contributed by atoms with E-state index in [1.54, 1.807) is 23.5 Å². The Balaban J connectivity index is 1.65. The second-order valence-corrected chi connectivity index (χ2v) is 11.3. The minimum atomic E-state index is -2.06. The summed E-state index contributed by atoms with van der Waals surface area (Å²) < 4.78 is 58.3. The van der Waals surface area contributed by atoms with Crippen LogP contribution in [0, 0.1) is 23.3 Å². The molecule has 0 bridgehead atoms. The van der Waals surface area contributed by atoms with Gasteiger partial charge in [0.1, 0.15) is 11.5 Å². The van der Waals surface area contributed by atoms with E-state index in [0.717, 1.165) is 9.79 Å². The van der Waals surface area contributed by atoms with Crippen LogP contribution in [0.5, 0.6) is 11.5 Å². The Labute approximate surface area is 210 Å². The normalized spacial score (nSPS) is 25.2. The van der Waals surface area contributed by atoms with Crippen molar-refractivity contribution in [1.29, 1.82) is 0 Å². The largest absolute Gasteiger partial charge is 0.506 e. The fourth-order valence-corrected chi connectivity index (χ4v) is 8.03. The lowest BCUT2D eigenvalue weighted by atomic mass is 9.95. The van der Waals surface area contributed by atoms with Crippen molar-refractivity contribution in [3.05, 3.63) is 71.9 Å². The highest BCUT2D eigenvalue weighted by Gasteiger charge is 2.39. The molecule has 0 spiro atoms. The first-order chi connectivity index (χ1) is 17.4. The molecule has 0 saturated carbocycles. The van der Waals surface area contributed by atoms with E-state index in [1.165, 1.54) is 0 Å². The van der Waals surface area contributed by atoms with Gasteiger partial charge in [0.05, 0.1) is 55.5 Å². The lowest BCUT2D eigenvalue weighted by molar-refractivity contribution is 0.411. The summed E-state index contributed by atoms with van der Waals surface area (Å²) in [6.45, 7) is 0. The summed E-state index contributed by atoms with van der Waals surface area (Å²) in [6.07, 6.45) is 15.6. The molecule has 4 unspecified atom stereocenters. The van der Waals surface area contributed by atoms with Gasteiger partial charge < -0.3 is 20.8 Å². The number of benzene rings is 3. The second kappa shape index (κ2) is 7.63. The Morgan fingerprint density at radius 3 is 1.36 bits per heavy atom. The highest BCUT2D eigenvalue weighted by molar-refractivity contribution is 8.03. The van der Waals surface area contributed by atoms with Gasteiger partial charge in [-0.05, 0) is 0 Å². The maximum Gasteiger partial charge on any atom is 0.198 e. The summed E-state index contributed by atoms with van der Waals surface area (Å²) in [5.74, 6) is -9.20. The Hall–Kier alpha value is -3.24. The molecule has 2 aliphatic carbocycles. The number of rotatable bonds is 0. The molecule has 3 aromatic carbocycles. The van der Waals surface area contributed by atoms with Gasteiger partial charge in [-0.25, -0.2) is 17.6 Å². The maximum atomic E-state index is 14.9. The van der Waals surface area contributed by atoms with Gasteiger partial charge in [-0.1, -0.05) is 48.6 Å². The average Bonchev–Trinajstić information content (AvgIpc) is 2.90. The Kier molecular flexibility index (Phi) is 4.66. The number of thioether (sulfide) groups is 2. The summed E-state index contributed by atoms with van der Waals surface area (Å²) in [4.78, 5) is 1.52. The summed E-state index contributed by atoms with van der Waals surface area (Å²) in [6, 6.07) is -0.353. The Morgan fingerprint density at radius 1 is 0.556 bits per heavy atom. The van der Waals surface area contributed by atoms with Crippen LogP contribution < -0.4 is 10.6 Å². The monoisotopic (exact) mass is 528 g/mol. The standard InChI is InChI=1S/C26H16F4N2O2S2/c27-17-13-14(18(28)20(30)19(17)29)24(34)16-15(23(13)33)21-25(35-11-7-3-1-5-9(11)31-21)26-22(16)32-10-6-2-4-8-12(10)36-26/h1-12,31-34H. The lowest BCUT2D eigenvalue weighted by Crippen LogP contribution is -2.35. The third-order valence-corrected chi connectivity index (χ3v) is 9.79. The molecule has 10 heteroatoms. The first-order valence-electron chi connectivity index (χ1n) is 11.2. The number of phenols is 2. The summed E-state index contributed by atoms with van der Waals surface area (Å²) in [7, 11) is 0. The second-order valence-electron chi connectivity index (χ2n) is 8.91. The van der Waals surface area contributed by atoms with E-state index < -0.39 is 45.5 Å². The summed E-state index contributed by atoms with van der Waals surface area (Å²) >= 11 is 3.09. The third kappa shape index (κ3) is 2.79. The molecule has 7 rings (SSSR count). The van der Waals surface area contributed by atoms with Crippen LogP contribution >= 0.6 is 23.5 Å². The molecule has 0 saturated heterocycles. The SMILES string of the molecule is Oc1c2c(F)c(F)c(F)c(F)c2c(O)c2c3c(c4c(c12)NC1C=CC=CC1S4)SC1C=CC=CC1N3. The highest BCUT2D eigenvalue weighted by atomic mass is 32.2. The Morgan fingerprint density at radius 2 is 0.944 bits per heavy atom. The average molecular weight is 529 g/mol. The highest BCUT2D eigenvalue weighted by Crippen LogP contribution is 2.60. The molecule has 0 aromatic heterocycles. The molecule has 0 amide bonds. The molecular formula is C26H16F4N2O2S2. The van der Waals surface area contributed by atoms with Gasteiger partial charge in [-0.3, -0.25) is 0 Å². The van der Waals surface area contributed by atoms with E-state index in [4.69, 9.17) is 0 Å². The zero-order chi connectivity index (χ0) is 24.9. The van der Waals surface area contributed by atoms with E-state index in [0.29, 0.717) is 11.4 Å². The molecule has 182 valence electrons. The fourth-order valence-electron chi connectivity index (χ4n) is 5.27. The third-order valence-electron chi connectivity index (χ3n) is 6.92. The number of allylic oxidation sites excluding steroid dienone is 4. The number of hydrogen-bond donors (Lipinski definition) is 4. The first-order valence-corrected chi connectivity index (χ1v) is 12.9. The van der Waals surface area contributed by atoms with Gasteiger partial charge in [0, 0.05) is 9.79 Å². The van der Waals surface area contributed by atoms with Crippen LogP contribution in [0.2, 0.25) is 0 Å². The molecule has 4 aliphatic rings. The predicted molar refractivity (Wildman–Crippen MR) is 135 cm³/mol. The number of anilines is 2. The molecular weight excluding hydrogens is 512 g/mol. The van der Waals surface area contributed by atoms with Crippen molar-refractivity contribution < 1.29 is 27.8 Å². The minimum absolute atomic E-state index is 0.00819. The van der Waals surface area contributed by atoms with Gasteiger partial charge in [0.2, 0.25) is 0 Å². The number of fused-ring (bicyclic) bond motifs is 9. The minimum Gasteiger partial charge on any atom is -0.506 e. The van der Waals surface area contributed by atoms with Gasteiger partial charge in [0.15, 0.2) is 23.3 Å². The van der Waals surface area contributed by atoms with Crippen molar-refractivity contribution in [1.82, 2.24) is 0 Å². The molecule has 4 atom stereocenters. The summed E-state index contributed by atoms with van der Waals surface area (Å²) in [5, 5.41) is 27.6. The van der Waals surface area contributed by atoms with Gasteiger partial charge in [-0.15, -0.1) is 23.5 Å². The van der Waals surface area contributed by atoms with Crippen LogP contribution in [-0.4, -0.2) is 32.8 Å². The zero-order valence-electron chi connectivity index (χ0n) is 18.2. The topological polar surface area (TPSA) is 64.5 Å². The van der Waals surface area contributed by atoms with Crippen molar-refractivity contribution in [2.45, 2.75) is 32.4 Å². The van der Waals surface area contributed by atoms with E-state index >= 15 is 0 Å². The van der Waals surface area contributed by atoms with E-state index in [1.807, 2.05) is 48.6 Å². The van der Waals surface area contributed by atoms with Crippen LogP contribution in [0.15, 0.2) is 58.4 Å². The van der Waals surface area contributed by atoms with Crippen LogP contribution in [0.25, 0.3) is 21.5 Å². The van der Waals surface area contributed by atoms with Crippen LogP contribution in [-0.2, 0) is 0 Å². The van der Waals surface area contributed by atoms with Gasteiger partial charge in [0.25, 0.3) is 0 Å². The van der Waals surface area contributed by atoms with Crippen LogP contribution in [0.1, 0.15) is 0 Å². The number of phenolic OH excluding ortho intramolecular Hbond substituents is 2. The van der Waals surface area contributed by atoms with Crippen molar-refractivity contribution in [2.75, 3.05) is 10.6 Å². The molecule has 0 radical (unpaired) electrons. The summed E-state index contributed by atoms with van der Waals surface area (Å²) in [5.41, 5.74) is 0.828. The predicted octanol–water partition coefficient (Wildman–Crippen LogP) is 6.72. The van der Waals surface area contributed by atoms with E-state index in [9.17, 15) is 27.8 Å². The molecule has 3 aromatic rings. The van der Waals surface area contributed by atoms with Crippen molar-refractivity contribution in [3.63, 3.8) is 0 Å². The number of nitrogens with one attached hydrogen (secondary N) is 2. The number of aromatic hydroxyl groups is 2. The molecule has 36 heavy (non-hydrogen) atoms. The fraction of sp³-hybridized carbons (Fsp3) is 0.154. The van der Waals surface area contributed by atoms with Crippen molar-refractivity contribution in [2.24, 2.45) is 0 Å². The van der Waals surface area contributed by atoms with E-state index in [-0.39, 0.29) is 33.4 Å². The molecule has 2 aliphatic heterocycles. The quantitative estimate of drug-likeness (QED) is 0.0854. The zero-order valence-corrected chi connectivity index (χ0v) is 19.8. The van der Waals surface area contributed by atoms with Crippen molar-refractivity contribution >= 4 is 56.4 Å². The van der Waals surface area contributed by atoms with E-state index in [2.05, 4.69) is 10.6 Å². The molecule has 0 fully saturated rings. The molecule has 4 N–H and O–H groups in total. The Bertz CT molecular complexity index is 1530. The molecule has 2 heterocycles. The van der Waals surface area contributed by atoms with Gasteiger partial charge >= 0.3 is 0 Å². The van der Waals surface area contributed by atoms with Crippen LogP contribution in [0.3, 0.4) is 0 Å². The van der Waals surface area contributed by atoms with Crippen LogP contribution in [0.4, 0.5) is 28.9 Å². The van der Waals surface area contributed by atoms with Crippen molar-refractivity contribution in [3.8, 4) is 11.5 Å². The number of halogens is 4. The first kappa shape index (κ1) is 22.0. The smallest absolute Gasteiger partial charge is 0.198 e. The molecule has 4 nitrogen and oxygen atoms in total. The lowest BCUT2D eigenvalue weighted by Gasteiger charge is -2.39. The maximum absolute atomic E-state index is 14.9. The number of hydrogen-bond acceptors (Lipinski definition) is 6. The van der Waals surface area contributed by atoms with Gasteiger partial charge in [-0.2, -0.15) is 0 Å².